The van der Waals surface area contributed by atoms with Gasteiger partial charge in [0.25, 0.3) is 0 Å². The zero-order chi connectivity index (χ0) is 33.5. The summed E-state index contributed by atoms with van der Waals surface area (Å²) in [7, 11) is 3.45. The average Bonchev–Trinajstić information content (AvgIpc) is 3.02. The number of nitrogens with one attached hydrogen (secondary N) is 2. The summed E-state index contributed by atoms with van der Waals surface area (Å²) in [6.07, 6.45) is 10.3. The lowest BCUT2D eigenvalue weighted by Crippen LogP contribution is -2.55. The third kappa shape index (κ3) is 12.8. The molecular weight excluding hydrogens is 570 g/mol. The van der Waals surface area contributed by atoms with Gasteiger partial charge in [-0.1, -0.05) is 73.1 Å². The van der Waals surface area contributed by atoms with Gasteiger partial charge in [0, 0.05) is 63.9 Å². The molecule has 10 heteroatoms. The Bertz CT molecular complexity index is 916. The van der Waals surface area contributed by atoms with Gasteiger partial charge >= 0.3 is 0 Å². The van der Waals surface area contributed by atoms with Gasteiger partial charge < -0.3 is 20.2 Å². The molecule has 2 aliphatic rings. The molecule has 4 amide bonds. The summed E-state index contributed by atoms with van der Waals surface area (Å²) in [5.74, 6) is -1.35. The van der Waals surface area contributed by atoms with E-state index in [1.54, 1.807) is 24.0 Å². The average molecular weight is 636 g/mol. The first-order valence-corrected chi connectivity index (χ1v) is 17.9. The third-order valence-corrected chi connectivity index (χ3v) is 9.60. The fourth-order valence-electron chi connectivity index (χ4n) is 7.01. The van der Waals surface area contributed by atoms with E-state index >= 15 is 0 Å². The van der Waals surface area contributed by atoms with Crippen molar-refractivity contribution in [1.82, 2.24) is 25.6 Å². The van der Waals surface area contributed by atoms with Gasteiger partial charge in [-0.2, -0.15) is 0 Å². The maximum atomic E-state index is 14.1. The molecule has 0 aromatic carbocycles. The maximum absolute atomic E-state index is 14.1. The smallest absolute Gasteiger partial charge is 0.236 e. The summed E-state index contributed by atoms with van der Waals surface area (Å²) in [6, 6.07) is -0.489. The van der Waals surface area contributed by atoms with Crippen LogP contribution in [0.2, 0.25) is 0 Å². The molecule has 0 saturated heterocycles. The van der Waals surface area contributed by atoms with Crippen LogP contribution in [0.3, 0.4) is 0 Å². The third-order valence-electron chi connectivity index (χ3n) is 9.60. The molecule has 260 valence electrons. The van der Waals surface area contributed by atoms with E-state index in [4.69, 9.17) is 0 Å². The molecule has 2 aliphatic carbocycles. The minimum atomic E-state index is -0.884. The largest absolute Gasteiger partial charge is 0.390 e. The van der Waals surface area contributed by atoms with E-state index in [0.29, 0.717) is 51.2 Å². The highest BCUT2D eigenvalue weighted by atomic mass is 16.3. The number of amides is 4. The molecule has 0 bridgehead atoms. The van der Waals surface area contributed by atoms with E-state index < -0.39 is 24.0 Å². The molecule has 0 aromatic rings. The lowest BCUT2D eigenvalue weighted by Gasteiger charge is -2.38. The predicted molar refractivity (Wildman–Crippen MR) is 179 cm³/mol. The second kappa shape index (κ2) is 20.1. The molecule has 3 N–H and O–H groups in total. The molecular formula is C35H65N5O5. The number of nitrogens with zero attached hydrogens (tertiary/aromatic N) is 3. The van der Waals surface area contributed by atoms with Crippen LogP contribution in [0.4, 0.5) is 0 Å². The van der Waals surface area contributed by atoms with E-state index in [1.807, 2.05) is 18.7 Å². The summed E-state index contributed by atoms with van der Waals surface area (Å²) in [6.45, 7) is 12.1. The monoisotopic (exact) mass is 635 g/mol. The van der Waals surface area contributed by atoms with Crippen LogP contribution in [0.1, 0.15) is 118 Å². The Morgan fingerprint density at radius 1 is 0.800 bits per heavy atom. The molecule has 5 unspecified atom stereocenters. The van der Waals surface area contributed by atoms with Crippen molar-refractivity contribution in [3.63, 3.8) is 0 Å². The molecule has 0 radical (unpaired) electrons. The number of hydrogen-bond donors (Lipinski definition) is 3. The summed E-state index contributed by atoms with van der Waals surface area (Å²) in [5.41, 5.74) is 2.97. The first-order valence-electron chi connectivity index (χ1n) is 17.9. The molecule has 0 heterocycles. The van der Waals surface area contributed by atoms with Gasteiger partial charge in [-0.25, -0.2) is 5.01 Å². The van der Waals surface area contributed by atoms with Gasteiger partial charge in [-0.05, 0) is 50.9 Å². The number of aliphatic hydroxyl groups is 1. The molecule has 10 nitrogen and oxygen atoms in total. The highest BCUT2D eigenvalue weighted by Gasteiger charge is 2.41. The molecule has 2 saturated carbocycles. The van der Waals surface area contributed by atoms with E-state index in [1.165, 1.54) is 6.42 Å². The van der Waals surface area contributed by atoms with Gasteiger partial charge in [0.05, 0.1) is 12.1 Å². The second-order valence-corrected chi connectivity index (χ2v) is 14.2. The van der Waals surface area contributed by atoms with Gasteiger partial charge in [0.1, 0.15) is 0 Å². The van der Waals surface area contributed by atoms with Gasteiger partial charge in [-0.3, -0.25) is 24.6 Å². The number of carbonyl (C=O) groups is 4. The summed E-state index contributed by atoms with van der Waals surface area (Å²) < 4.78 is 0. The fourth-order valence-corrected chi connectivity index (χ4v) is 7.01. The zero-order valence-corrected chi connectivity index (χ0v) is 29.5. The van der Waals surface area contributed by atoms with Crippen molar-refractivity contribution >= 4 is 23.6 Å². The lowest BCUT2D eigenvalue weighted by molar-refractivity contribution is -0.143. The van der Waals surface area contributed by atoms with E-state index in [9.17, 15) is 24.3 Å². The van der Waals surface area contributed by atoms with Gasteiger partial charge in [0.2, 0.25) is 23.6 Å². The minimum absolute atomic E-state index is 0.0407. The molecule has 2 fully saturated rings. The Morgan fingerprint density at radius 2 is 1.38 bits per heavy atom. The van der Waals surface area contributed by atoms with Crippen molar-refractivity contribution in [2.45, 2.75) is 130 Å². The molecule has 0 aliphatic heterocycles. The first-order chi connectivity index (χ1) is 21.4. The number of aliphatic hydroxyl groups excluding tert-OH is 1. The summed E-state index contributed by atoms with van der Waals surface area (Å²) >= 11 is 0. The van der Waals surface area contributed by atoms with E-state index in [-0.39, 0.29) is 42.0 Å². The highest BCUT2D eigenvalue weighted by molar-refractivity contribution is 5.86. The first kappa shape index (κ1) is 39.0. The van der Waals surface area contributed by atoms with Gasteiger partial charge in [-0.15, -0.1) is 0 Å². The van der Waals surface area contributed by atoms with Crippen LogP contribution in [0.15, 0.2) is 0 Å². The van der Waals surface area contributed by atoms with Crippen LogP contribution in [0.5, 0.6) is 0 Å². The van der Waals surface area contributed by atoms with Crippen LogP contribution in [0.25, 0.3) is 0 Å². The molecule has 5 atom stereocenters. The number of rotatable bonds is 18. The number of hydrogen-bond acceptors (Lipinski definition) is 6. The van der Waals surface area contributed by atoms with Crippen LogP contribution in [-0.2, 0) is 19.2 Å². The van der Waals surface area contributed by atoms with Crippen molar-refractivity contribution in [3.8, 4) is 0 Å². The van der Waals surface area contributed by atoms with Crippen molar-refractivity contribution < 1.29 is 24.3 Å². The Morgan fingerprint density at radius 3 is 1.91 bits per heavy atom. The Hall–Kier alpha value is -2.20. The SMILES string of the molecule is CCCCN(CC(O)C(CC1CCCCC1)NC(=O)C1CC(C(=O)N(C)C)CC(C(=O)N(CCC)CCC)C1)NC(=O)C(C)C. The van der Waals surface area contributed by atoms with Crippen LogP contribution in [0, 0.1) is 29.6 Å². The van der Waals surface area contributed by atoms with E-state index in [0.717, 1.165) is 51.4 Å². The summed E-state index contributed by atoms with van der Waals surface area (Å²) in [5, 5.41) is 16.6. The molecule has 45 heavy (non-hydrogen) atoms. The number of hydrazine groups is 1. The highest BCUT2D eigenvalue weighted by Crippen LogP contribution is 2.36. The Kier molecular flexibility index (Phi) is 17.4. The fraction of sp³-hybridized carbons (Fsp3) is 0.886. The Labute approximate surface area is 273 Å². The van der Waals surface area contributed by atoms with Gasteiger partial charge in [0.15, 0.2) is 0 Å². The standard InChI is InChI=1S/C35H65N5O5/c1-8-11-19-40(37-32(42)25(4)5)24-31(41)30(20-26-15-13-12-14-16-26)36-33(43)27-21-28(34(44)38(6)7)23-29(22-27)35(45)39(17-9-2)18-10-3/h25-31,41H,8-24H2,1-7H3,(H,36,43)(H,37,42). The zero-order valence-electron chi connectivity index (χ0n) is 29.5. The van der Waals surface area contributed by atoms with E-state index in [2.05, 4.69) is 31.5 Å². The van der Waals surface area contributed by atoms with Crippen molar-refractivity contribution in [1.29, 1.82) is 0 Å². The molecule has 0 spiro atoms. The number of carbonyl (C=O) groups excluding carboxylic acids is 4. The normalized spacial score (nSPS) is 22.1. The quantitative estimate of drug-likeness (QED) is 0.193. The van der Waals surface area contributed by atoms with Crippen molar-refractivity contribution in [3.05, 3.63) is 0 Å². The van der Waals surface area contributed by atoms with Crippen molar-refractivity contribution in [2.24, 2.45) is 29.6 Å². The van der Waals surface area contributed by atoms with Crippen LogP contribution >= 0.6 is 0 Å². The minimum Gasteiger partial charge on any atom is -0.390 e. The van der Waals surface area contributed by atoms with Crippen LogP contribution < -0.4 is 10.7 Å². The summed E-state index contributed by atoms with van der Waals surface area (Å²) in [4.78, 5) is 57.0. The number of unbranched alkanes of at least 4 members (excludes halogenated alkanes) is 1. The lowest BCUT2D eigenvalue weighted by atomic mass is 9.73. The molecule has 2 rings (SSSR count). The van der Waals surface area contributed by atoms with Crippen molar-refractivity contribution in [2.75, 3.05) is 40.3 Å². The topological polar surface area (TPSA) is 122 Å². The second-order valence-electron chi connectivity index (χ2n) is 14.2. The Balaban J connectivity index is 2.29. The maximum Gasteiger partial charge on any atom is 0.236 e. The molecule has 0 aromatic heterocycles. The van der Waals surface area contributed by atoms with Crippen LogP contribution in [-0.4, -0.2) is 96.0 Å². The predicted octanol–water partition coefficient (Wildman–Crippen LogP) is 4.36.